The van der Waals surface area contributed by atoms with Crippen molar-refractivity contribution in [3.8, 4) is 11.5 Å². The van der Waals surface area contributed by atoms with Crippen molar-refractivity contribution in [1.82, 2.24) is 19.9 Å². The molecule has 0 aliphatic rings. The van der Waals surface area contributed by atoms with Gasteiger partial charge >= 0.3 is 6.18 Å². The smallest absolute Gasteiger partial charge is 0.354 e. The first-order valence-electron chi connectivity index (χ1n) is 8.87. The van der Waals surface area contributed by atoms with Gasteiger partial charge in [-0.2, -0.15) is 28.1 Å². The lowest BCUT2D eigenvalue weighted by molar-refractivity contribution is -0.141. The second kappa shape index (κ2) is 8.49. The summed E-state index contributed by atoms with van der Waals surface area (Å²) < 4.78 is 38.9. The SMILES string of the molecule is CC(C)CNc1nc(N[C@H](C)C(C)C)nc(-c2cccc(C(F)(F)F)n2)n1. The Morgan fingerprint density at radius 1 is 0.926 bits per heavy atom. The molecule has 2 N–H and O–H groups in total. The van der Waals surface area contributed by atoms with E-state index in [1.807, 2.05) is 34.6 Å². The quantitative estimate of drug-likeness (QED) is 0.736. The van der Waals surface area contributed by atoms with Gasteiger partial charge in [-0.1, -0.05) is 33.8 Å². The summed E-state index contributed by atoms with van der Waals surface area (Å²) in [6, 6.07) is 3.74. The Labute approximate surface area is 157 Å². The first kappa shape index (κ1) is 20.9. The van der Waals surface area contributed by atoms with Crippen molar-refractivity contribution in [2.24, 2.45) is 11.8 Å². The van der Waals surface area contributed by atoms with Gasteiger partial charge in [-0.3, -0.25) is 0 Å². The van der Waals surface area contributed by atoms with Crippen LogP contribution in [-0.4, -0.2) is 32.5 Å². The van der Waals surface area contributed by atoms with Crippen LogP contribution in [0.5, 0.6) is 0 Å². The number of rotatable bonds is 7. The van der Waals surface area contributed by atoms with Crippen LogP contribution >= 0.6 is 0 Å². The van der Waals surface area contributed by atoms with E-state index in [0.29, 0.717) is 30.3 Å². The van der Waals surface area contributed by atoms with Crippen molar-refractivity contribution >= 4 is 11.9 Å². The molecule has 2 rings (SSSR count). The summed E-state index contributed by atoms with van der Waals surface area (Å²) in [4.78, 5) is 16.5. The molecule has 0 saturated carbocycles. The van der Waals surface area contributed by atoms with E-state index in [1.54, 1.807) is 0 Å². The molecule has 9 heteroatoms. The van der Waals surface area contributed by atoms with Crippen molar-refractivity contribution in [1.29, 1.82) is 0 Å². The van der Waals surface area contributed by atoms with Gasteiger partial charge < -0.3 is 10.6 Å². The zero-order valence-corrected chi connectivity index (χ0v) is 16.1. The van der Waals surface area contributed by atoms with Crippen LogP contribution in [0.3, 0.4) is 0 Å². The van der Waals surface area contributed by atoms with Crippen LogP contribution in [0.25, 0.3) is 11.5 Å². The predicted octanol–water partition coefficient (Wildman–Crippen LogP) is 4.48. The third-order valence-corrected chi connectivity index (χ3v) is 3.93. The number of alkyl halides is 3. The Morgan fingerprint density at radius 3 is 2.19 bits per heavy atom. The number of nitrogens with one attached hydrogen (secondary N) is 2. The molecule has 0 unspecified atom stereocenters. The van der Waals surface area contributed by atoms with Crippen molar-refractivity contribution in [2.45, 2.75) is 46.8 Å². The Hall–Kier alpha value is -2.45. The highest BCUT2D eigenvalue weighted by molar-refractivity contribution is 5.54. The topological polar surface area (TPSA) is 75.6 Å². The molecular weight excluding hydrogens is 357 g/mol. The monoisotopic (exact) mass is 382 g/mol. The van der Waals surface area contributed by atoms with Gasteiger partial charge in [0.15, 0.2) is 5.82 Å². The Morgan fingerprint density at radius 2 is 1.59 bits per heavy atom. The van der Waals surface area contributed by atoms with Crippen LogP contribution in [0.2, 0.25) is 0 Å². The first-order chi connectivity index (χ1) is 12.6. The molecule has 0 aromatic carbocycles. The zero-order chi connectivity index (χ0) is 20.2. The van der Waals surface area contributed by atoms with E-state index < -0.39 is 11.9 Å². The third-order valence-electron chi connectivity index (χ3n) is 3.93. The minimum atomic E-state index is -4.53. The van der Waals surface area contributed by atoms with E-state index in [2.05, 4.69) is 30.6 Å². The van der Waals surface area contributed by atoms with Crippen molar-refractivity contribution in [2.75, 3.05) is 17.2 Å². The number of hydrogen-bond donors (Lipinski definition) is 2. The van der Waals surface area contributed by atoms with Crippen LogP contribution in [0.1, 0.15) is 40.3 Å². The van der Waals surface area contributed by atoms with E-state index in [0.717, 1.165) is 6.07 Å². The lowest BCUT2D eigenvalue weighted by Crippen LogP contribution is -2.24. The molecule has 27 heavy (non-hydrogen) atoms. The largest absolute Gasteiger partial charge is 0.433 e. The summed E-state index contributed by atoms with van der Waals surface area (Å²) >= 11 is 0. The van der Waals surface area contributed by atoms with Crippen molar-refractivity contribution < 1.29 is 13.2 Å². The molecule has 0 bridgehead atoms. The molecule has 0 fully saturated rings. The van der Waals surface area contributed by atoms with Crippen LogP contribution < -0.4 is 10.6 Å². The van der Waals surface area contributed by atoms with Crippen LogP contribution in [0.15, 0.2) is 18.2 Å². The number of anilines is 2. The summed E-state index contributed by atoms with van der Waals surface area (Å²) in [6.07, 6.45) is -4.53. The summed E-state index contributed by atoms with van der Waals surface area (Å²) in [5.74, 6) is 1.35. The summed E-state index contributed by atoms with van der Waals surface area (Å²) in [6.45, 7) is 10.8. The lowest BCUT2D eigenvalue weighted by Gasteiger charge is -2.18. The van der Waals surface area contributed by atoms with E-state index in [4.69, 9.17) is 0 Å². The highest BCUT2D eigenvalue weighted by atomic mass is 19.4. The van der Waals surface area contributed by atoms with Crippen LogP contribution in [0, 0.1) is 11.8 Å². The average Bonchev–Trinajstić information content (AvgIpc) is 2.59. The van der Waals surface area contributed by atoms with E-state index in [1.165, 1.54) is 12.1 Å². The standard InChI is InChI=1S/C18H25F3N6/c1-10(2)9-22-16-25-15(26-17(27-16)23-12(5)11(3)4)13-7-6-8-14(24-13)18(19,20)21/h6-8,10-12H,9H2,1-5H3,(H2,22,23,25,26,27)/t12-/m1/s1. The molecule has 2 heterocycles. The van der Waals surface area contributed by atoms with Gasteiger partial charge in [0, 0.05) is 12.6 Å². The molecule has 0 aliphatic carbocycles. The molecular formula is C18H25F3N6. The van der Waals surface area contributed by atoms with Gasteiger partial charge in [0.25, 0.3) is 0 Å². The van der Waals surface area contributed by atoms with Gasteiger partial charge in [-0.25, -0.2) is 4.98 Å². The van der Waals surface area contributed by atoms with Gasteiger partial charge in [0.2, 0.25) is 11.9 Å². The molecule has 2 aromatic rings. The molecule has 0 spiro atoms. The molecule has 0 saturated heterocycles. The Bertz CT molecular complexity index is 761. The Balaban J connectivity index is 2.43. The maximum Gasteiger partial charge on any atom is 0.433 e. The van der Waals surface area contributed by atoms with E-state index in [9.17, 15) is 13.2 Å². The fraction of sp³-hybridized carbons (Fsp3) is 0.556. The molecule has 2 aromatic heterocycles. The summed E-state index contributed by atoms with van der Waals surface area (Å²) in [5.41, 5.74) is -0.942. The maximum atomic E-state index is 13.0. The summed E-state index contributed by atoms with van der Waals surface area (Å²) in [5, 5.41) is 6.26. The molecule has 148 valence electrons. The number of nitrogens with zero attached hydrogens (tertiary/aromatic N) is 4. The van der Waals surface area contributed by atoms with Crippen LogP contribution in [0.4, 0.5) is 25.1 Å². The minimum Gasteiger partial charge on any atom is -0.354 e. The number of pyridine rings is 1. The van der Waals surface area contributed by atoms with E-state index >= 15 is 0 Å². The third kappa shape index (κ3) is 6.04. The van der Waals surface area contributed by atoms with Gasteiger partial charge in [-0.15, -0.1) is 0 Å². The van der Waals surface area contributed by atoms with Crippen molar-refractivity contribution in [3.05, 3.63) is 23.9 Å². The van der Waals surface area contributed by atoms with E-state index in [-0.39, 0.29) is 17.6 Å². The zero-order valence-electron chi connectivity index (χ0n) is 16.1. The van der Waals surface area contributed by atoms with Gasteiger partial charge in [-0.05, 0) is 30.9 Å². The molecule has 0 aliphatic heterocycles. The maximum absolute atomic E-state index is 13.0. The second-order valence-electron chi connectivity index (χ2n) is 7.16. The second-order valence-corrected chi connectivity index (χ2v) is 7.16. The average molecular weight is 382 g/mol. The number of hydrogen-bond acceptors (Lipinski definition) is 6. The highest BCUT2D eigenvalue weighted by Gasteiger charge is 2.32. The van der Waals surface area contributed by atoms with Gasteiger partial charge in [0.05, 0.1) is 0 Å². The predicted molar refractivity (Wildman–Crippen MR) is 99.3 cm³/mol. The first-order valence-corrected chi connectivity index (χ1v) is 8.87. The van der Waals surface area contributed by atoms with Gasteiger partial charge in [0.1, 0.15) is 11.4 Å². The van der Waals surface area contributed by atoms with Crippen LogP contribution in [-0.2, 0) is 6.18 Å². The molecule has 0 radical (unpaired) electrons. The molecule has 6 nitrogen and oxygen atoms in total. The fourth-order valence-corrected chi connectivity index (χ4v) is 2.02. The normalized spacial score (nSPS) is 13.1. The highest BCUT2D eigenvalue weighted by Crippen LogP contribution is 2.29. The van der Waals surface area contributed by atoms with Crippen molar-refractivity contribution in [3.63, 3.8) is 0 Å². The summed E-state index contributed by atoms with van der Waals surface area (Å²) in [7, 11) is 0. The fourth-order valence-electron chi connectivity index (χ4n) is 2.02. The minimum absolute atomic E-state index is 0.0417. The Kier molecular flexibility index (Phi) is 6.56. The number of aromatic nitrogens is 4. The number of halogens is 3. The molecule has 1 atom stereocenters. The molecule has 0 amide bonds. The lowest BCUT2D eigenvalue weighted by atomic mass is 10.1.